The van der Waals surface area contributed by atoms with Crippen molar-refractivity contribution in [2.75, 3.05) is 35.3 Å². The van der Waals surface area contributed by atoms with Gasteiger partial charge in [0, 0.05) is 114 Å². The summed E-state index contributed by atoms with van der Waals surface area (Å²) in [5.74, 6) is 4.45. The van der Waals surface area contributed by atoms with E-state index >= 15 is 0 Å². The number of nitrogens with zero attached hydrogens (tertiary/aromatic N) is 17. The average molecular weight is 1800 g/mol. The first-order valence-electron chi connectivity index (χ1n) is 43.7. The van der Waals surface area contributed by atoms with Gasteiger partial charge in [-0.25, -0.2) is 54.2 Å². The minimum absolute atomic E-state index is 0.00246. The summed E-state index contributed by atoms with van der Waals surface area (Å²) in [6.45, 7) is 8.95. The molecule has 137 heavy (non-hydrogen) atoms. The van der Waals surface area contributed by atoms with Gasteiger partial charge in [0.25, 0.3) is 0 Å². The minimum atomic E-state index is -0.552. The number of halogens is 1. The topological polar surface area (TPSA) is 399 Å². The van der Waals surface area contributed by atoms with E-state index in [1.807, 2.05) is 251 Å². The van der Waals surface area contributed by atoms with Gasteiger partial charge < -0.3 is 42.9 Å². The molecular formula is C111H87FN22O3. The van der Waals surface area contributed by atoms with E-state index in [4.69, 9.17) is 53.4 Å². The molecule has 26 heteroatoms. The number of pyridine rings is 5. The molecule has 666 valence electrons. The maximum absolute atomic E-state index is 13.7. The number of anilines is 5. The minimum Gasteiger partial charge on any atom is -0.491 e. The molecule has 0 saturated heterocycles. The molecule has 0 unspecified atom stereocenters. The molecule has 11 aromatic carbocycles. The highest BCUT2D eigenvalue weighted by molar-refractivity contribution is 5.99. The lowest BCUT2D eigenvalue weighted by Gasteiger charge is -2.13. The molecule has 0 saturated carbocycles. The maximum atomic E-state index is 13.7. The fourth-order valence-electron chi connectivity index (χ4n) is 15.7. The molecular weight excluding hydrogens is 1710 g/mol. The quantitative estimate of drug-likeness (QED) is 0.0532. The van der Waals surface area contributed by atoms with E-state index in [1.54, 1.807) is 30.9 Å². The van der Waals surface area contributed by atoms with Crippen LogP contribution in [0, 0.1) is 28.5 Å². The van der Waals surface area contributed by atoms with Gasteiger partial charge in [0.05, 0.1) is 67.7 Å². The Morgan fingerprint density at radius 2 is 0.606 bits per heavy atom. The van der Waals surface area contributed by atoms with E-state index in [0.717, 1.165) is 172 Å². The maximum Gasteiger partial charge on any atom is 0.174 e. The lowest BCUT2D eigenvalue weighted by atomic mass is 9.95. The van der Waals surface area contributed by atoms with Crippen molar-refractivity contribution >= 4 is 83.6 Å². The zero-order valence-corrected chi connectivity index (χ0v) is 74.7. The SMILES string of the molecule is CC(C)Oc1cccc(-c2ncccc2-c2ccc3ncnc(N)c3c2)c1.CC(C)c1cccc(-c2ncccc2-c2ccc3ncnc(N)c3c2)c1.N#CCOc1cccc(-c2ncccc2-c2ccc3ncnc(N)c3c2)c1.N#Cc1cc(-c2ncccc2-c2ccc3ncnc(N)c3c2)ccc1F.Nc1ncnc2ccc(-c3cccnc3-c3cccc(OCc4ccccc4)c3)cc12. The van der Waals surface area contributed by atoms with Crippen molar-refractivity contribution in [3.63, 3.8) is 0 Å². The van der Waals surface area contributed by atoms with Gasteiger partial charge in [0.1, 0.15) is 103 Å². The van der Waals surface area contributed by atoms with Crippen LogP contribution in [-0.4, -0.2) is 87.5 Å². The summed E-state index contributed by atoms with van der Waals surface area (Å²) in [7, 11) is 0. The molecule has 0 aliphatic heterocycles. The molecule has 0 fully saturated rings. The number of nitriles is 2. The first-order valence-corrected chi connectivity index (χ1v) is 43.7. The Hall–Kier alpha value is -18.8. The van der Waals surface area contributed by atoms with Gasteiger partial charge in [0.15, 0.2) is 6.61 Å². The number of fused-ring (bicyclic) bond motifs is 5. The Kier molecular flexibility index (Phi) is 27.6. The Labute approximate surface area is 788 Å². The Morgan fingerprint density at radius 3 is 0.942 bits per heavy atom. The highest BCUT2D eigenvalue weighted by atomic mass is 19.1. The molecule has 25 nitrogen and oxygen atoms in total. The number of hydrogen-bond donors (Lipinski definition) is 5. The predicted octanol–water partition coefficient (Wildman–Crippen LogP) is 23.1. The summed E-state index contributed by atoms with van der Waals surface area (Å²) in [5, 5.41) is 21.9. The molecule has 10 aromatic heterocycles. The summed E-state index contributed by atoms with van der Waals surface area (Å²) < 4.78 is 30.9. The number of rotatable bonds is 18. The summed E-state index contributed by atoms with van der Waals surface area (Å²) in [6, 6.07) is 99.8. The molecule has 0 atom stereocenters. The van der Waals surface area contributed by atoms with E-state index in [2.05, 4.69) is 149 Å². The largest absolute Gasteiger partial charge is 0.491 e. The molecule has 0 aliphatic rings. The number of ether oxygens (including phenoxy) is 3. The molecule has 0 amide bonds. The Balaban J connectivity index is 0.000000119. The van der Waals surface area contributed by atoms with Gasteiger partial charge in [-0.05, 0) is 210 Å². The number of benzene rings is 11. The second-order valence-corrected chi connectivity index (χ2v) is 32.0. The third-order valence-electron chi connectivity index (χ3n) is 22.4. The van der Waals surface area contributed by atoms with Crippen molar-refractivity contribution in [2.24, 2.45) is 0 Å². The van der Waals surface area contributed by atoms with Crippen LogP contribution < -0.4 is 42.9 Å². The van der Waals surface area contributed by atoms with E-state index in [9.17, 15) is 4.39 Å². The van der Waals surface area contributed by atoms with Crippen molar-refractivity contribution in [3.8, 4) is 141 Å². The number of nitrogen functional groups attached to an aromatic ring is 5. The average Bonchev–Trinajstić information content (AvgIpc) is 0.806. The number of hydrogen-bond acceptors (Lipinski definition) is 25. The van der Waals surface area contributed by atoms with Gasteiger partial charge in [-0.1, -0.05) is 159 Å². The Morgan fingerprint density at radius 1 is 0.292 bits per heavy atom. The number of aromatic nitrogens is 15. The van der Waals surface area contributed by atoms with Crippen molar-refractivity contribution in [3.05, 3.63) is 382 Å². The highest BCUT2D eigenvalue weighted by Gasteiger charge is 2.20. The Bertz CT molecular complexity index is 8080. The second kappa shape index (κ2) is 41.9. The van der Waals surface area contributed by atoms with Crippen LogP contribution in [0.1, 0.15) is 50.3 Å². The lowest BCUT2D eigenvalue weighted by Crippen LogP contribution is -2.05. The third kappa shape index (κ3) is 21.1. The predicted molar refractivity (Wildman–Crippen MR) is 539 cm³/mol. The van der Waals surface area contributed by atoms with E-state index in [-0.39, 0.29) is 18.3 Å². The fraction of sp³-hybridized carbons (Fsp3) is 0.0721. The van der Waals surface area contributed by atoms with Crippen LogP contribution in [0.3, 0.4) is 0 Å². The smallest absolute Gasteiger partial charge is 0.174 e. The van der Waals surface area contributed by atoms with Gasteiger partial charge in [-0.15, -0.1) is 0 Å². The zero-order chi connectivity index (χ0) is 94.7. The summed E-state index contributed by atoms with van der Waals surface area (Å²) >= 11 is 0. The normalized spacial score (nSPS) is 10.8. The first kappa shape index (κ1) is 90.1. The number of nitrogens with two attached hydrogens (primary N) is 5. The molecule has 10 N–H and O–H groups in total. The van der Waals surface area contributed by atoms with Crippen molar-refractivity contribution in [1.82, 2.24) is 74.8 Å². The molecule has 21 rings (SSSR count). The van der Waals surface area contributed by atoms with Crippen LogP contribution in [-0.2, 0) is 6.61 Å². The molecule has 0 spiro atoms. The van der Waals surface area contributed by atoms with Gasteiger partial charge in [-0.2, -0.15) is 10.5 Å². The van der Waals surface area contributed by atoms with Crippen molar-refractivity contribution in [2.45, 2.75) is 46.3 Å². The summed E-state index contributed by atoms with van der Waals surface area (Å²) in [4.78, 5) is 64.7. The summed E-state index contributed by atoms with van der Waals surface area (Å²) in [6.07, 6.45) is 16.3. The first-order chi connectivity index (χ1) is 66.9. The molecule has 10 heterocycles. The van der Waals surface area contributed by atoms with Crippen LogP contribution >= 0.6 is 0 Å². The highest BCUT2D eigenvalue weighted by Crippen LogP contribution is 2.41. The van der Waals surface area contributed by atoms with Crippen LogP contribution in [0.25, 0.3) is 166 Å². The van der Waals surface area contributed by atoms with E-state index in [1.165, 1.54) is 49.3 Å². The molecule has 21 aromatic rings. The van der Waals surface area contributed by atoms with Crippen LogP contribution in [0.4, 0.5) is 33.5 Å². The fourth-order valence-corrected chi connectivity index (χ4v) is 15.7. The van der Waals surface area contributed by atoms with Crippen LogP contribution in [0.5, 0.6) is 17.2 Å². The second-order valence-electron chi connectivity index (χ2n) is 32.0. The van der Waals surface area contributed by atoms with Crippen LogP contribution in [0.15, 0.2) is 360 Å². The third-order valence-corrected chi connectivity index (χ3v) is 22.4. The summed E-state index contributed by atoms with van der Waals surface area (Å²) in [5.41, 5.74) is 55.2. The molecule has 0 bridgehead atoms. The van der Waals surface area contributed by atoms with Gasteiger partial charge in [0.2, 0.25) is 0 Å². The molecule has 0 radical (unpaired) electrons. The van der Waals surface area contributed by atoms with Crippen LogP contribution in [0.2, 0.25) is 0 Å². The van der Waals surface area contributed by atoms with Gasteiger partial charge >= 0.3 is 0 Å². The zero-order valence-electron chi connectivity index (χ0n) is 74.7. The monoisotopic (exact) mass is 1790 g/mol. The van der Waals surface area contributed by atoms with Crippen molar-refractivity contribution < 1.29 is 18.6 Å². The van der Waals surface area contributed by atoms with E-state index in [0.29, 0.717) is 58.6 Å². The van der Waals surface area contributed by atoms with E-state index < -0.39 is 5.82 Å². The van der Waals surface area contributed by atoms with Gasteiger partial charge in [-0.3, -0.25) is 24.9 Å². The standard InChI is InChI=1S/C26H20N4O.C22H20N4O.C22H20N4.C21H15N5O.C20H12FN5/c27-26-23-15-19(11-12-24(23)29-17-30-26)22-10-5-13-28-25(22)20-8-4-9-21(14-20)31-16-18-6-2-1-3-7-18;1-14(2)27-17-6-3-5-16(11-17)21-18(7-4-10-24-21)15-8-9-20-19(12-15)22(23)26-13-25-20;1-14(2)15-5-3-6-17(11-15)21-18(7-4-10-24-21)16-8-9-20-19(12-16)22(23)26-13-25-20;22-8-10-27-16-4-1-3-15(11-16)20-17(5-2-9-24-20)14-6-7-19-18(12-14)21(23)26-13-25-19;21-17-5-3-13(8-14(17)10-22)19-15(2-1-7-24-19)12-4-6-18-16(9-12)20(23)26-11-25-18/h1-15,17H,16H2,(H2,27,29,30);3-14H,1-2H3,(H2,23,25,26);3-14H,1-2H3,(H2,23,25,26);1-7,9,11-13H,10H2,(H2,23,25,26);1-9,11H,(H2,23,25,26). The lowest BCUT2D eigenvalue weighted by molar-refractivity contribution is 0.242. The van der Waals surface area contributed by atoms with Crippen molar-refractivity contribution in [1.29, 1.82) is 10.5 Å². The molecule has 0 aliphatic carbocycles.